The maximum absolute atomic E-state index is 12.8. The Bertz CT molecular complexity index is 311. The van der Waals surface area contributed by atoms with Crippen LogP contribution in [-0.4, -0.2) is 24.8 Å². The van der Waals surface area contributed by atoms with E-state index in [1.165, 1.54) is 12.1 Å². The molecule has 0 bridgehead atoms. The fraction of sp³-hybridized carbons (Fsp3) is 0.500. The van der Waals surface area contributed by atoms with Crippen molar-refractivity contribution in [1.29, 1.82) is 0 Å². The van der Waals surface area contributed by atoms with Crippen molar-refractivity contribution in [2.75, 3.05) is 19.7 Å². The number of hydrogen-bond acceptors (Lipinski definition) is 2. The molecule has 1 rings (SSSR count). The summed E-state index contributed by atoms with van der Waals surface area (Å²) in [4.78, 5) is 0. The van der Waals surface area contributed by atoms with Gasteiger partial charge in [-0.15, -0.1) is 0 Å². The highest BCUT2D eigenvalue weighted by Gasteiger charge is 2.01. The molecule has 0 aromatic heterocycles. The number of aliphatic hydroxyl groups excluding tert-OH is 1. The predicted octanol–water partition coefficient (Wildman–Crippen LogP) is 1.73. The lowest BCUT2D eigenvalue weighted by atomic mass is 10.1. The average Bonchev–Trinajstić information content (AvgIpc) is 2.22. The van der Waals surface area contributed by atoms with Crippen LogP contribution in [0.5, 0.6) is 0 Å². The fourth-order valence-corrected chi connectivity index (χ4v) is 1.40. The van der Waals surface area contributed by atoms with Crippen LogP contribution in [0, 0.1) is 17.6 Å². The molecule has 1 atom stereocenters. The predicted molar refractivity (Wildman–Crippen MR) is 59.2 cm³/mol. The van der Waals surface area contributed by atoms with E-state index < -0.39 is 11.6 Å². The molecule has 0 aliphatic rings. The molecule has 0 aliphatic carbocycles. The van der Waals surface area contributed by atoms with Crippen LogP contribution >= 0.6 is 0 Å². The van der Waals surface area contributed by atoms with Crippen LogP contribution in [0.1, 0.15) is 12.5 Å². The van der Waals surface area contributed by atoms with Gasteiger partial charge < -0.3 is 10.4 Å². The SMILES string of the molecule is CC(CO)CNCCc1cc(F)cc(F)c1. The largest absolute Gasteiger partial charge is 0.396 e. The Hall–Kier alpha value is -1.00. The van der Waals surface area contributed by atoms with E-state index in [1.807, 2.05) is 6.92 Å². The van der Waals surface area contributed by atoms with Gasteiger partial charge in [0.1, 0.15) is 11.6 Å². The maximum Gasteiger partial charge on any atom is 0.126 e. The molecule has 2 N–H and O–H groups in total. The van der Waals surface area contributed by atoms with Crippen molar-refractivity contribution in [3.63, 3.8) is 0 Å². The highest BCUT2D eigenvalue weighted by molar-refractivity contribution is 5.18. The monoisotopic (exact) mass is 229 g/mol. The zero-order valence-electron chi connectivity index (χ0n) is 9.34. The van der Waals surface area contributed by atoms with Crippen LogP contribution < -0.4 is 5.32 Å². The van der Waals surface area contributed by atoms with Crippen LogP contribution in [0.2, 0.25) is 0 Å². The Kier molecular flexibility index (Phi) is 5.35. The molecule has 0 amide bonds. The van der Waals surface area contributed by atoms with Gasteiger partial charge >= 0.3 is 0 Å². The smallest absolute Gasteiger partial charge is 0.126 e. The number of benzene rings is 1. The van der Waals surface area contributed by atoms with Gasteiger partial charge in [-0.3, -0.25) is 0 Å². The summed E-state index contributed by atoms with van der Waals surface area (Å²) in [6.45, 7) is 3.41. The van der Waals surface area contributed by atoms with E-state index in [4.69, 9.17) is 5.11 Å². The molecule has 0 fully saturated rings. The van der Waals surface area contributed by atoms with Gasteiger partial charge in [-0.1, -0.05) is 6.92 Å². The first-order chi connectivity index (χ1) is 7.61. The van der Waals surface area contributed by atoms with E-state index in [9.17, 15) is 8.78 Å². The second-order valence-corrected chi connectivity index (χ2v) is 4.02. The van der Waals surface area contributed by atoms with Crippen molar-refractivity contribution in [1.82, 2.24) is 5.32 Å². The second-order valence-electron chi connectivity index (χ2n) is 4.02. The van der Waals surface area contributed by atoms with E-state index in [0.717, 1.165) is 6.07 Å². The number of rotatable bonds is 6. The molecule has 2 nitrogen and oxygen atoms in total. The third-order valence-electron chi connectivity index (χ3n) is 2.32. The molecule has 1 unspecified atom stereocenters. The van der Waals surface area contributed by atoms with E-state index in [1.54, 1.807) is 0 Å². The Balaban J connectivity index is 2.32. The van der Waals surface area contributed by atoms with Crippen LogP contribution in [0.4, 0.5) is 8.78 Å². The normalized spacial score (nSPS) is 12.8. The van der Waals surface area contributed by atoms with E-state index >= 15 is 0 Å². The van der Waals surface area contributed by atoms with E-state index in [0.29, 0.717) is 25.1 Å². The number of halogens is 2. The summed E-state index contributed by atoms with van der Waals surface area (Å²) >= 11 is 0. The van der Waals surface area contributed by atoms with Gasteiger partial charge in [0, 0.05) is 12.7 Å². The maximum atomic E-state index is 12.8. The number of hydrogen-bond donors (Lipinski definition) is 2. The Labute approximate surface area is 94.3 Å². The van der Waals surface area contributed by atoms with Crippen LogP contribution in [0.15, 0.2) is 18.2 Å². The lowest BCUT2D eigenvalue weighted by Crippen LogP contribution is -2.25. The summed E-state index contributed by atoms with van der Waals surface area (Å²) in [5, 5.41) is 11.9. The van der Waals surface area contributed by atoms with Crippen LogP contribution in [0.25, 0.3) is 0 Å². The highest BCUT2D eigenvalue weighted by atomic mass is 19.1. The standard InChI is InChI=1S/C12H17F2NO/c1-9(8-16)7-15-3-2-10-4-11(13)6-12(14)5-10/h4-6,9,15-16H,2-3,7-8H2,1H3. The highest BCUT2D eigenvalue weighted by Crippen LogP contribution is 2.08. The van der Waals surface area contributed by atoms with Gasteiger partial charge in [-0.2, -0.15) is 0 Å². The summed E-state index contributed by atoms with van der Waals surface area (Å²) in [6, 6.07) is 3.53. The molecule has 4 heteroatoms. The first kappa shape index (κ1) is 13.1. The molecule has 0 saturated carbocycles. The molecule has 1 aromatic carbocycles. The summed E-state index contributed by atoms with van der Waals surface area (Å²) in [5.41, 5.74) is 0.640. The minimum Gasteiger partial charge on any atom is -0.396 e. The quantitative estimate of drug-likeness (QED) is 0.728. The van der Waals surface area contributed by atoms with Crippen molar-refractivity contribution >= 4 is 0 Å². The fourth-order valence-electron chi connectivity index (χ4n) is 1.40. The zero-order valence-corrected chi connectivity index (χ0v) is 9.34. The van der Waals surface area contributed by atoms with Crippen LogP contribution in [0.3, 0.4) is 0 Å². The molecule has 0 heterocycles. The van der Waals surface area contributed by atoms with Gasteiger partial charge in [-0.05, 0) is 43.1 Å². The second kappa shape index (κ2) is 6.55. The summed E-state index contributed by atoms with van der Waals surface area (Å²) in [5.74, 6) is -0.887. The molecule has 0 radical (unpaired) electrons. The van der Waals surface area contributed by atoms with Gasteiger partial charge in [0.05, 0.1) is 0 Å². The third-order valence-corrected chi connectivity index (χ3v) is 2.32. The Morgan fingerprint density at radius 1 is 1.25 bits per heavy atom. The Morgan fingerprint density at radius 3 is 2.44 bits per heavy atom. The van der Waals surface area contributed by atoms with Gasteiger partial charge in [0.2, 0.25) is 0 Å². The van der Waals surface area contributed by atoms with Crippen molar-refractivity contribution in [2.45, 2.75) is 13.3 Å². The Morgan fingerprint density at radius 2 is 1.88 bits per heavy atom. The van der Waals surface area contributed by atoms with Gasteiger partial charge in [0.15, 0.2) is 0 Å². The van der Waals surface area contributed by atoms with Crippen molar-refractivity contribution in [2.24, 2.45) is 5.92 Å². The number of aliphatic hydroxyl groups is 1. The molecule has 1 aromatic rings. The first-order valence-electron chi connectivity index (χ1n) is 5.38. The summed E-state index contributed by atoms with van der Waals surface area (Å²) in [7, 11) is 0. The van der Waals surface area contributed by atoms with E-state index in [-0.39, 0.29) is 12.5 Å². The molecule has 90 valence electrons. The molecule has 0 spiro atoms. The van der Waals surface area contributed by atoms with Crippen molar-refractivity contribution in [3.8, 4) is 0 Å². The third kappa shape index (κ3) is 4.68. The first-order valence-corrected chi connectivity index (χ1v) is 5.38. The molecule has 16 heavy (non-hydrogen) atoms. The lowest BCUT2D eigenvalue weighted by molar-refractivity contribution is 0.234. The minimum absolute atomic E-state index is 0.140. The molecular formula is C12H17F2NO. The minimum atomic E-state index is -0.543. The average molecular weight is 229 g/mol. The number of nitrogens with one attached hydrogen (secondary N) is 1. The van der Waals surface area contributed by atoms with Crippen molar-refractivity contribution in [3.05, 3.63) is 35.4 Å². The van der Waals surface area contributed by atoms with Crippen molar-refractivity contribution < 1.29 is 13.9 Å². The zero-order chi connectivity index (χ0) is 12.0. The summed E-state index contributed by atoms with van der Waals surface area (Å²) in [6.07, 6.45) is 0.576. The summed E-state index contributed by atoms with van der Waals surface area (Å²) < 4.78 is 25.7. The van der Waals surface area contributed by atoms with E-state index in [2.05, 4.69) is 5.32 Å². The van der Waals surface area contributed by atoms with Crippen LogP contribution in [-0.2, 0) is 6.42 Å². The molecule has 0 saturated heterocycles. The van der Waals surface area contributed by atoms with Gasteiger partial charge in [0.25, 0.3) is 0 Å². The molecule has 0 aliphatic heterocycles. The topological polar surface area (TPSA) is 32.3 Å². The lowest BCUT2D eigenvalue weighted by Gasteiger charge is -2.09. The molecular weight excluding hydrogens is 212 g/mol. The van der Waals surface area contributed by atoms with Gasteiger partial charge in [-0.25, -0.2) is 8.78 Å².